The summed E-state index contributed by atoms with van der Waals surface area (Å²) in [6, 6.07) is 10.4. The highest BCUT2D eigenvalue weighted by Gasteiger charge is 2.24. The molecule has 2 aromatic carbocycles. The van der Waals surface area contributed by atoms with E-state index in [1.807, 2.05) is 36.9 Å². The predicted molar refractivity (Wildman–Crippen MR) is 98.4 cm³/mol. The summed E-state index contributed by atoms with van der Waals surface area (Å²) >= 11 is 0. The lowest BCUT2D eigenvalue weighted by molar-refractivity contribution is -0.384. The number of nitrogens with one attached hydrogen (secondary N) is 1. The molecule has 0 aliphatic carbocycles. The first-order valence-electron chi connectivity index (χ1n) is 8.38. The van der Waals surface area contributed by atoms with Crippen LogP contribution < -0.4 is 10.2 Å². The maximum atomic E-state index is 12.5. The Morgan fingerprint density at radius 1 is 1.16 bits per heavy atom. The summed E-state index contributed by atoms with van der Waals surface area (Å²) in [5.74, 6) is -0.343. The molecule has 1 saturated heterocycles. The SMILES string of the molecule is Cc1cccc(NC(=O)c2ccc(N3CCCC3)c([N+](=O)[O-])c2)c1C. The number of carbonyl (C=O) groups excluding carboxylic acids is 1. The number of benzene rings is 2. The fraction of sp³-hybridized carbons (Fsp3) is 0.316. The molecule has 0 atom stereocenters. The molecule has 6 heteroatoms. The summed E-state index contributed by atoms with van der Waals surface area (Å²) < 4.78 is 0. The van der Waals surface area contributed by atoms with Crippen molar-refractivity contribution in [3.8, 4) is 0 Å². The summed E-state index contributed by atoms with van der Waals surface area (Å²) in [6.07, 6.45) is 2.07. The van der Waals surface area contributed by atoms with Gasteiger partial charge in [0.05, 0.1) is 4.92 Å². The summed E-state index contributed by atoms with van der Waals surface area (Å²) in [5.41, 5.74) is 3.64. The van der Waals surface area contributed by atoms with Crippen molar-refractivity contribution in [2.75, 3.05) is 23.3 Å². The molecule has 1 amide bonds. The van der Waals surface area contributed by atoms with Crippen molar-refractivity contribution in [1.29, 1.82) is 0 Å². The molecule has 0 bridgehead atoms. The smallest absolute Gasteiger partial charge is 0.293 e. The van der Waals surface area contributed by atoms with Crippen molar-refractivity contribution >= 4 is 23.0 Å². The number of hydrogen-bond acceptors (Lipinski definition) is 4. The molecular weight excluding hydrogens is 318 g/mol. The van der Waals surface area contributed by atoms with Crippen molar-refractivity contribution in [2.24, 2.45) is 0 Å². The highest BCUT2D eigenvalue weighted by atomic mass is 16.6. The Morgan fingerprint density at radius 2 is 1.88 bits per heavy atom. The Bertz CT molecular complexity index is 827. The van der Waals surface area contributed by atoms with E-state index in [1.165, 1.54) is 6.07 Å². The maximum Gasteiger partial charge on any atom is 0.293 e. The first-order chi connectivity index (χ1) is 12.0. The normalized spacial score (nSPS) is 13.8. The van der Waals surface area contributed by atoms with Gasteiger partial charge in [0.25, 0.3) is 11.6 Å². The van der Waals surface area contributed by atoms with Gasteiger partial charge in [-0.05, 0) is 56.0 Å². The van der Waals surface area contributed by atoms with Crippen molar-refractivity contribution in [3.63, 3.8) is 0 Å². The molecule has 1 fully saturated rings. The van der Waals surface area contributed by atoms with Crippen LogP contribution in [-0.2, 0) is 0 Å². The molecule has 130 valence electrons. The Hall–Kier alpha value is -2.89. The standard InChI is InChI=1S/C19H21N3O3/c1-13-6-5-7-16(14(13)2)20-19(23)15-8-9-17(18(12-15)22(24)25)21-10-3-4-11-21/h5-9,12H,3-4,10-11H2,1-2H3,(H,20,23). The molecule has 0 saturated carbocycles. The van der Waals surface area contributed by atoms with Gasteiger partial charge in [-0.25, -0.2) is 0 Å². The first-order valence-corrected chi connectivity index (χ1v) is 8.38. The van der Waals surface area contributed by atoms with Crippen molar-refractivity contribution in [2.45, 2.75) is 26.7 Å². The van der Waals surface area contributed by atoms with Gasteiger partial charge in [0.2, 0.25) is 0 Å². The van der Waals surface area contributed by atoms with E-state index >= 15 is 0 Å². The van der Waals surface area contributed by atoms with Crippen molar-refractivity contribution < 1.29 is 9.72 Å². The predicted octanol–water partition coefficient (Wildman–Crippen LogP) is 4.06. The van der Waals surface area contributed by atoms with E-state index in [-0.39, 0.29) is 17.2 Å². The molecule has 25 heavy (non-hydrogen) atoms. The zero-order valence-corrected chi connectivity index (χ0v) is 14.4. The molecule has 1 aliphatic rings. The fourth-order valence-corrected chi connectivity index (χ4v) is 3.12. The van der Waals surface area contributed by atoms with Crippen LogP contribution in [-0.4, -0.2) is 23.9 Å². The second-order valence-corrected chi connectivity index (χ2v) is 6.36. The Kier molecular flexibility index (Phi) is 4.70. The molecule has 3 rings (SSSR count). The van der Waals surface area contributed by atoms with Gasteiger partial charge in [-0.2, -0.15) is 0 Å². The number of aryl methyl sites for hydroxylation is 1. The molecule has 0 unspecified atom stereocenters. The van der Waals surface area contributed by atoms with Crippen LogP contribution >= 0.6 is 0 Å². The van der Waals surface area contributed by atoms with E-state index in [4.69, 9.17) is 0 Å². The number of carbonyl (C=O) groups is 1. The minimum atomic E-state index is -0.414. The summed E-state index contributed by atoms with van der Waals surface area (Å²) in [4.78, 5) is 25.6. The van der Waals surface area contributed by atoms with Gasteiger partial charge in [-0.3, -0.25) is 14.9 Å². The monoisotopic (exact) mass is 339 g/mol. The number of nitro groups is 1. The lowest BCUT2D eigenvalue weighted by Gasteiger charge is -2.18. The van der Waals surface area contributed by atoms with E-state index < -0.39 is 4.92 Å². The largest absolute Gasteiger partial charge is 0.366 e. The van der Waals surface area contributed by atoms with E-state index in [9.17, 15) is 14.9 Å². The molecule has 6 nitrogen and oxygen atoms in total. The van der Waals surface area contributed by atoms with Gasteiger partial charge < -0.3 is 10.2 Å². The van der Waals surface area contributed by atoms with Gasteiger partial charge in [0.15, 0.2) is 0 Å². The zero-order chi connectivity index (χ0) is 18.0. The number of hydrogen-bond donors (Lipinski definition) is 1. The lowest BCUT2D eigenvalue weighted by atomic mass is 10.1. The van der Waals surface area contributed by atoms with Crippen LogP contribution in [0, 0.1) is 24.0 Å². The number of nitro benzene ring substituents is 1. The third-order valence-electron chi connectivity index (χ3n) is 4.73. The van der Waals surface area contributed by atoms with Crippen LogP contribution in [0.2, 0.25) is 0 Å². The Morgan fingerprint density at radius 3 is 2.56 bits per heavy atom. The fourth-order valence-electron chi connectivity index (χ4n) is 3.12. The average molecular weight is 339 g/mol. The van der Waals surface area contributed by atoms with E-state index in [0.717, 1.165) is 42.7 Å². The van der Waals surface area contributed by atoms with Gasteiger partial charge in [0, 0.05) is 30.4 Å². The summed E-state index contributed by atoms with van der Waals surface area (Å²) in [6.45, 7) is 5.54. The van der Waals surface area contributed by atoms with Crippen molar-refractivity contribution in [3.05, 3.63) is 63.2 Å². The van der Waals surface area contributed by atoms with E-state index in [2.05, 4.69) is 5.32 Å². The molecule has 0 spiro atoms. The van der Waals surface area contributed by atoms with Crippen LogP contribution in [0.1, 0.15) is 34.3 Å². The molecule has 1 aliphatic heterocycles. The van der Waals surface area contributed by atoms with E-state index in [0.29, 0.717) is 5.69 Å². The van der Waals surface area contributed by atoms with Crippen LogP contribution in [0.15, 0.2) is 36.4 Å². The number of anilines is 2. The lowest BCUT2D eigenvalue weighted by Crippen LogP contribution is -2.20. The molecule has 0 aromatic heterocycles. The van der Waals surface area contributed by atoms with Crippen LogP contribution in [0.25, 0.3) is 0 Å². The highest BCUT2D eigenvalue weighted by Crippen LogP contribution is 2.32. The Labute approximate surface area is 146 Å². The minimum Gasteiger partial charge on any atom is -0.366 e. The summed E-state index contributed by atoms with van der Waals surface area (Å²) in [7, 11) is 0. The van der Waals surface area contributed by atoms with Crippen molar-refractivity contribution in [1.82, 2.24) is 0 Å². The molecule has 1 heterocycles. The quantitative estimate of drug-likeness (QED) is 0.673. The van der Waals surface area contributed by atoms with Crippen LogP contribution in [0.5, 0.6) is 0 Å². The second-order valence-electron chi connectivity index (χ2n) is 6.36. The van der Waals surface area contributed by atoms with Crippen LogP contribution in [0.4, 0.5) is 17.1 Å². The third kappa shape index (κ3) is 3.47. The van der Waals surface area contributed by atoms with Gasteiger partial charge >= 0.3 is 0 Å². The minimum absolute atomic E-state index is 0.0180. The van der Waals surface area contributed by atoms with Gasteiger partial charge in [0.1, 0.15) is 5.69 Å². The maximum absolute atomic E-state index is 12.5. The van der Waals surface area contributed by atoms with Gasteiger partial charge in [-0.1, -0.05) is 12.1 Å². The van der Waals surface area contributed by atoms with E-state index in [1.54, 1.807) is 12.1 Å². The number of nitrogens with zero attached hydrogens (tertiary/aromatic N) is 2. The second kappa shape index (κ2) is 6.93. The molecular formula is C19H21N3O3. The summed E-state index contributed by atoms with van der Waals surface area (Å²) in [5, 5.41) is 14.3. The van der Waals surface area contributed by atoms with Gasteiger partial charge in [-0.15, -0.1) is 0 Å². The molecule has 1 N–H and O–H groups in total. The number of amides is 1. The molecule has 2 aromatic rings. The first kappa shape index (κ1) is 17.0. The zero-order valence-electron chi connectivity index (χ0n) is 14.4. The topological polar surface area (TPSA) is 75.5 Å². The number of rotatable bonds is 4. The highest BCUT2D eigenvalue weighted by molar-refractivity contribution is 6.05. The van der Waals surface area contributed by atoms with Crippen LogP contribution in [0.3, 0.4) is 0 Å². The Balaban J connectivity index is 1.89. The third-order valence-corrected chi connectivity index (χ3v) is 4.73. The molecule has 0 radical (unpaired) electrons. The average Bonchev–Trinajstić information content (AvgIpc) is 3.12.